The van der Waals surface area contributed by atoms with Crippen LogP contribution < -0.4 is 10.5 Å². The summed E-state index contributed by atoms with van der Waals surface area (Å²) in [4.78, 5) is 6.68. The number of aromatic amines is 1. The first-order valence-electron chi connectivity index (χ1n) is 4.29. The van der Waals surface area contributed by atoms with Gasteiger partial charge in [0.2, 0.25) is 0 Å². The molecule has 1 aromatic carbocycles. The lowest BCUT2D eigenvalue weighted by Gasteiger charge is -2.03. The van der Waals surface area contributed by atoms with Crippen LogP contribution in [0.1, 0.15) is 5.56 Å². The van der Waals surface area contributed by atoms with E-state index in [1.165, 1.54) is 6.33 Å². The van der Waals surface area contributed by atoms with E-state index >= 15 is 0 Å². The third kappa shape index (κ3) is 1.69. The Hall–Kier alpha value is -1.97. The summed E-state index contributed by atoms with van der Waals surface area (Å²) in [7, 11) is 0. The van der Waals surface area contributed by atoms with Crippen LogP contribution in [0, 0.1) is 6.92 Å². The molecule has 0 saturated carbocycles. The van der Waals surface area contributed by atoms with Crippen molar-refractivity contribution >= 4 is 5.82 Å². The average Bonchev–Trinajstić information content (AvgIpc) is 2.52. The number of nitrogens with two attached hydrogens (primary N) is 1. The van der Waals surface area contributed by atoms with E-state index in [1.54, 1.807) is 0 Å². The van der Waals surface area contributed by atoms with Crippen molar-refractivity contribution in [2.75, 3.05) is 5.73 Å². The maximum absolute atomic E-state index is 5.58. The largest absolute Gasteiger partial charge is 0.436 e. The second kappa shape index (κ2) is 3.41. The van der Waals surface area contributed by atoms with Gasteiger partial charge in [0.1, 0.15) is 5.75 Å². The first kappa shape index (κ1) is 8.62. The van der Waals surface area contributed by atoms with E-state index in [0.717, 1.165) is 11.3 Å². The molecule has 0 unspecified atom stereocenters. The quantitative estimate of drug-likeness (QED) is 0.760. The molecule has 0 aliphatic carbocycles. The number of H-pyrrole nitrogens is 1. The Morgan fingerprint density at radius 2 is 2.29 bits per heavy atom. The zero-order valence-corrected chi connectivity index (χ0v) is 7.82. The van der Waals surface area contributed by atoms with E-state index in [1.807, 2.05) is 31.2 Å². The molecule has 0 bridgehead atoms. The molecule has 72 valence electrons. The summed E-state index contributed by atoms with van der Waals surface area (Å²) in [5, 5.41) is 0. The summed E-state index contributed by atoms with van der Waals surface area (Å²) in [6.07, 6.45) is 1.50. The number of ether oxygens (including phenoxy) is 1. The monoisotopic (exact) mass is 189 g/mol. The molecular weight excluding hydrogens is 178 g/mol. The molecule has 1 aromatic heterocycles. The highest BCUT2D eigenvalue weighted by Crippen LogP contribution is 2.23. The van der Waals surface area contributed by atoms with Gasteiger partial charge in [-0.15, -0.1) is 0 Å². The molecule has 0 aliphatic rings. The summed E-state index contributed by atoms with van der Waals surface area (Å²) in [5.74, 6) is 1.59. The number of aromatic nitrogens is 2. The predicted octanol–water partition coefficient (Wildman–Crippen LogP) is 2.09. The minimum atomic E-state index is 0.413. The number of hydrogen-bond donors (Lipinski definition) is 2. The Labute approximate surface area is 81.7 Å². The van der Waals surface area contributed by atoms with Gasteiger partial charge in [-0.05, 0) is 24.6 Å². The maximum atomic E-state index is 5.58. The average molecular weight is 189 g/mol. The summed E-state index contributed by atoms with van der Waals surface area (Å²) < 4.78 is 5.46. The first-order valence-corrected chi connectivity index (χ1v) is 4.29. The molecule has 0 saturated heterocycles. The van der Waals surface area contributed by atoms with Gasteiger partial charge in [0.15, 0.2) is 5.82 Å². The second-order valence-corrected chi connectivity index (χ2v) is 3.04. The Bertz CT molecular complexity index is 436. The van der Waals surface area contributed by atoms with Crippen LogP contribution in [0.15, 0.2) is 30.6 Å². The van der Waals surface area contributed by atoms with E-state index in [2.05, 4.69) is 9.97 Å². The third-order valence-electron chi connectivity index (χ3n) is 1.84. The van der Waals surface area contributed by atoms with Crippen LogP contribution >= 0.6 is 0 Å². The Kier molecular flexibility index (Phi) is 2.10. The van der Waals surface area contributed by atoms with Crippen molar-refractivity contribution in [3.63, 3.8) is 0 Å². The molecule has 3 N–H and O–H groups in total. The molecule has 0 atom stereocenters. The van der Waals surface area contributed by atoms with Crippen molar-refractivity contribution in [3.05, 3.63) is 36.2 Å². The molecule has 1 heterocycles. The molecule has 0 spiro atoms. The van der Waals surface area contributed by atoms with E-state index in [9.17, 15) is 0 Å². The lowest BCUT2D eigenvalue weighted by atomic mass is 10.2. The Morgan fingerprint density at radius 3 is 2.93 bits per heavy atom. The molecular formula is C10H11N3O. The van der Waals surface area contributed by atoms with Gasteiger partial charge in [-0.2, -0.15) is 0 Å². The number of nitrogens with zero attached hydrogens (tertiary/aromatic N) is 1. The standard InChI is InChI=1S/C10H11N3O/c1-7-3-2-4-8(5-7)14-10-9(11)12-6-13-10/h2-6H,11H2,1H3,(H,12,13). The molecule has 0 amide bonds. The van der Waals surface area contributed by atoms with Gasteiger partial charge < -0.3 is 15.5 Å². The number of anilines is 1. The highest BCUT2D eigenvalue weighted by Gasteiger charge is 2.03. The molecule has 4 nitrogen and oxygen atoms in total. The number of aryl methyl sites for hydroxylation is 1. The molecule has 14 heavy (non-hydrogen) atoms. The number of nitrogens with one attached hydrogen (secondary N) is 1. The van der Waals surface area contributed by atoms with Gasteiger partial charge in [0, 0.05) is 0 Å². The Balaban J connectivity index is 2.23. The maximum Gasteiger partial charge on any atom is 0.262 e. The van der Waals surface area contributed by atoms with Gasteiger partial charge in [-0.3, -0.25) is 0 Å². The first-order chi connectivity index (χ1) is 6.75. The molecule has 2 rings (SSSR count). The van der Waals surface area contributed by atoms with Gasteiger partial charge in [0.25, 0.3) is 5.88 Å². The lowest BCUT2D eigenvalue weighted by molar-refractivity contribution is 0.468. The van der Waals surface area contributed by atoms with Crippen molar-refractivity contribution in [2.45, 2.75) is 6.92 Å². The highest BCUT2D eigenvalue weighted by atomic mass is 16.5. The van der Waals surface area contributed by atoms with Crippen LogP contribution in [0.25, 0.3) is 0 Å². The predicted molar refractivity (Wildman–Crippen MR) is 54.3 cm³/mol. The molecule has 0 aliphatic heterocycles. The molecule has 0 radical (unpaired) electrons. The number of rotatable bonds is 2. The van der Waals surface area contributed by atoms with Gasteiger partial charge in [-0.25, -0.2) is 4.98 Å². The zero-order chi connectivity index (χ0) is 9.97. The summed E-state index contributed by atoms with van der Waals surface area (Å²) >= 11 is 0. The van der Waals surface area contributed by atoms with Crippen LogP contribution in [0.2, 0.25) is 0 Å². The van der Waals surface area contributed by atoms with Gasteiger partial charge in [-0.1, -0.05) is 12.1 Å². The second-order valence-electron chi connectivity index (χ2n) is 3.04. The van der Waals surface area contributed by atoms with Crippen molar-refractivity contribution in [1.82, 2.24) is 9.97 Å². The minimum Gasteiger partial charge on any atom is -0.436 e. The summed E-state index contributed by atoms with van der Waals surface area (Å²) in [6.45, 7) is 2.00. The Morgan fingerprint density at radius 1 is 1.43 bits per heavy atom. The van der Waals surface area contributed by atoms with E-state index in [4.69, 9.17) is 10.5 Å². The van der Waals surface area contributed by atoms with E-state index in [-0.39, 0.29) is 0 Å². The van der Waals surface area contributed by atoms with Crippen molar-refractivity contribution in [2.24, 2.45) is 0 Å². The number of nitrogen functional groups attached to an aromatic ring is 1. The fourth-order valence-corrected chi connectivity index (χ4v) is 1.16. The summed E-state index contributed by atoms with van der Waals surface area (Å²) in [6, 6.07) is 7.71. The number of benzene rings is 1. The fourth-order valence-electron chi connectivity index (χ4n) is 1.16. The molecule has 2 aromatic rings. The van der Waals surface area contributed by atoms with Crippen molar-refractivity contribution in [3.8, 4) is 11.6 Å². The van der Waals surface area contributed by atoms with Crippen LogP contribution in [0.5, 0.6) is 11.6 Å². The molecule has 0 fully saturated rings. The van der Waals surface area contributed by atoms with Crippen LogP contribution in [-0.4, -0.2) is 9.97 Å². The number of hydrogen-bond acceptors (Lipinski definition) is 3. The fraction of sp³-hybridized carbons (Fsp3) is 0.100. The van der Waals surface area contributed by atoms with Crippen molar-refractivity contribution in [1.29, 1.82) is 0 Å². The molecule has 4 heteroatoms. The van der Waals surface area contributed by atoms with Crippen LogP contribution in [0.3, 0.4) is 0 Å². The smallest absolute Gasteiger partial charge is 0.262 e. The normalized spacial score (nSPS) is 10.1. The lowest BCUT2D eigenvalue weighted by Crippen LogP contribution is -1.90. The van der Waals surface area contributed by atoms with Crippen LogP contribution in [-0.2, 0) is 0 Å². The summed E-state index contributed by atoms with van der Waals surface area (Å²) in [5.41, 5.74) is 6.72. The topological polar surface area (TPSA) is 63.9 Å². The minimum absolute atomic E-state index is 0.413. The SMILES string of the molecule is Cc1cccc(Oc2nc[nH]c2N)c1. The van der Waals surface area contributed by atoms with Crippen LogP contribution in [0.4, 0.5) is 5.82 Å². The number of imidazole rings is 1. The van der Waals surface area contributed by atoms with Gasteiger partial charge in [0.05, 0.1) is 6.33 Å². The third-order valence-corrected chi connectivity index (χ3v) is 1.84. The zero-order valence-electron chi connectivity index (χ0n) is 7.82. The highest BCUT2D eigenvalue weighted by molar-refractivity contribution is 5.43. The van der Waals surface area contributed by atoms with E-state index in [0.29, 0.717) is 11.7 Å². The van der Waals surface area contributed by atoms with Gasteiger partial charge >= 0.3 is 0 Å². The van der Waals surface area contributed by atoms with Crippen molar-refractivity contribution < 1.29 is 4.74 Å². The van der Waals surface area contributed by atoms with E-state index < -0.39 is 0 Å².